The van der Waals surface area contributed by atoms with Crippen LogP contribution in [-0.2, 0) is 14.3 Å². The fraction of sp³-hybridized carbons (Fsp3) is 0.734. The van der Waals surface area contributed by atoms with Gasteiger partial charge in [0, 0.05) is 6.42 Å². The van der Waals surface area contributed by atoms with Crippen LogP contribution in [0.1, 0.15) is 245 Å². The number of hydrogen-bond acceptors (Lipinski definition) is 8. The molecule has 1 aliphatic rings. The smallest absolute Gasteiger partial charge is 0.220 e. The second-order valence-electron chi connectivity index (χ2n) is 20.4. The minimum absolute atomic E-state index is 0.191. The number of carbonyl (C=O) groups excluding carboxylic acids is 1. The maximum absolute atomic E-state index is 13.1. The van der Waals surface area contributed by atoms with Crippen molar-refractivity contribution in [3.05, 3.63) is 97.2 Å². The summed E-state index contributed by atoms with van der Waals surface area (Å²) < 4.78 is 11.3. The Bertz CT molecular complexity index is 1460. The first kappa shape index (κ1) is 68.1. The second-order valence-corrected chi connectivity index (χ2v) is 20.4. The van der Waals surface area contributed by atoms with Gasteiger partial charge in [0.15, 0.2) is 6.29 Å². The van der Waals surface area contributed by atoms with Crippen LogP contribution in [0.3, 0.4) is 0 Å². The molecular formula is C64H111NO8. The molecule has 1 rings (SSSR count). The summed E-state index contributed by atoms with van der Waals surface area (Å²) in [5.74, 6) is -0.191. The predicted octanol–water partition coefficient (Wildman–Crippen LogP) is 15.2. The maximum Gasteiger partial charge on any atom is 0.220 e. The standard InChI is InChI=1S/C64H111NO8/c1-3-5-7-9-11-13-15-17-19-21-23-24-25-26-27-28-29-30-31-32-33-34-36-38-40-42-44-46-48-50-52-54-60(68)65-57(56-72-64-63(71)62(70)61(69)59(55-66)73-64)58(67)53-51-49-47-45-43-41-39-37-35-22-20-18-16-14-12-10-8-6-4-2/h5,7,11,13,17,19,23-24,26-27,29-30,43,45,51,53,57-59,61-64,66-67,69-71H,3-4,6,8-10,12,14-16,18,20-22,25,28,31-42,44,46-50,52,54-56H2,1-2H3,(H,65,68)/b7-5-,13-11-,19-17-,24-23-,27-26-,30-29-,45-43+,53-51+. The molecule has 0 aliphatic carbocycles. The summed E-state index contributed by atoms with van der Waals surface area (Å²) in [6, 6.07) is -0.829. The number of ether oxygens (including phenoxy) is 2. The molecule has 1 fully saturated rings. The van der Waals surface area contributed by atoms with Crippen LogP contribution >= 0.6 is 0 Å². The Labute approximate surface area is 447 Å². The van der Waals surface area contributed by atoms with Crippen molar-refractivity contribution in [3.63, 3.8) is 0 Å². The Hall–Kier alpha value is -2.89. The maximum atomic E-state index is 13.1. The van der Waals surface area contributed by atoms with Crippen LogP contribution in [0.25, 0.3) is 0 Å². The molecule has 0 radical (unpaired) electrons. The van der Waals surface area contributed by atoms with E-state index >= 15 is 0 Å². The van der Waals surface area contributed by atoms with Crippen LogP contribution in [0, 0.1) is 0 Å². The van der Waals surface area contributed by atoms with Gasteiger partial charge in [-0.25, -0.2) is 0 Å². The molecule has 1 heterocycles. The van der Waals surface area contributed by atoms with Crippen molar-refractivity contribution in [3.8, 4) is 0 Å². The van der Waals surface area contributed by atoms with E-state index in [0.29, 0.717) is 6.42 Å². The summed E-state index contributed by atoms with van der Waals surface area (Å²) in [7, 11) is 0. The zero-order chi connectivity index (χ0) is 52.9. The average Bonchev–Trinajstić information content (AvgIpc) is 3.39. The summed E-state index contributed by atoms with van der Waals surface area (Å²) >= 11 is 0. The minimum Gasteiger partial charge on any atom is -0.394 e. The number of carbonyl (C=O) groups is 1. The van der Waals surface area contributed by atoms with Crippen molar-refractivity contribution in [1.82, 2.24) is 5.32 Å². The Kier molecular flexibility index (Phi) is 49.0. The van der Waals surface area contributed by atoms with Crippen molar-refractivity contribution in [1.29, 1.82) is 0 Å². The quantitative estimate of drug-likeness (QED) is 0.0261. The van der Waals surface area contributed by atoms with Gasteiger partial charge in [0.1, 0.15) is 24.4 Å². The molecule has 9 heteroatoms. The number of amides is 1. The molecule has 0 aromatic carbocycles. The van der Waals surface area contributed by atoms with E-state index in [9.17, 15) is 30.3 Å². The molecule has 0 saturated carbocycles. The third-order valence-electron chi connectivity index (χ3n) is 13.6. The minimum atomic E-state index is -1.58. The Morgan fingerprint density at radius 3 is 1.32 bits per heavy atom. The van der Waals surface area contributed by atoms with E-state index in [-0.39, 0.29) is 12.5 Å². The lowest BCUT2D eigenvalue weighted by molar-refractivity contribution is -0.302. The Morgan fingerprint density at radius 2 is 0.863 bits per heavy atom. The monoisotopic (exact) mass is 1020 g/mol. The third kappa shape index (κ3) is 42.0. The van der Waals surface area contributed by atoms with E-state index < -0.39 is 49.5 Å². The van der Waals surface area contributed by atoms with E-state index in [0.717, 1.165) is 77.0 Å². The van der Waals surface area contributed by atoms with Gasteiger partial charge in [-0.1, -0.05) is 252 Å². The zero-order valence-electron chi connectivity index (χ0n) is 46.6. The first-order valence-corrected chi connectivity index (χ1v) is 30.0. The summed E-state index contributed by atoms with van der Waals surface area (Å²) in [5.41, 5.74) is 0. The lowest BCUT2D eigenvalue weighted by Gasteiger charge is -2.40. The number of nitrogens with one attached hydrogen (secondary N) is 1. The average molecular weight is 1020 g/mol. The molecule has 0 aromatic heterocycles. The summed E-state index contributed by atoms with van der Waals surface area (Å²) in [6.07, 6.45) is 69.0. The summed E-state index contributed by atoms with van der Waals surface area (Å²) in [5, 5.41) is 54.5. The third-order valence-corrected chi connectivity index (χ3v) is 13.6. The molecule has 0 bridgehead atoms. The SMILES string of the molecule is CC/C=C\C/C=C\C/C=C\C/C=C\C/C=C\C/C=C\CCCCCCCCCCCCCCC(=O)NC(COC1OC(CO)C(O)C(O)C1O)C(O)/C=C/CC/C=C/CCCCCCCCCCCCCCC. The van der Waals surface area contributed by atoms with Gasteiger partial charge in [-0.05, 0) is 83.5 Å². The van der Waals surface area contributed by atoms with E-state index in [1.165, 1.54) is 148 Å². The molecule has 9 nitrogen and oxygen atoms in total. The van der Waals surface area contributed by atoms with Gasteiger partial charge in [-0.15, -0.1) is 0 Å². The normalized spacial score (nSPS) is 19.8. The molecule has 73 heavy (non-hydrogen) atoms. The van der Waals surface area contributed by atoms with Crippen LogP contribution in [0.15, 0.2) is 97.2 Å². The van der Waals surface area contributed by atoms with Crippen LogP contribution in [0.5, 0.6) is 0 Å². The van der Waals surface area contributed by atoms with E-state index in [2.05, 4.69) is 104 Å². The van der Waals surface area contributed by atoms with E-state index in [4.69, 9.17) is 9.47 Å². The van der Waals surface area contributed by atoms with Crippen molar-refractivity contribution in [2.24, 2.45) is 0 Å². The number of unbranched alkanes of at least 4 members (excludes halogenated alkanes) is 26. The van der Waals surface area contributed by atoms with Gasteiger partial charge in [0.05, 0.1) is 25.4 Å². The van der Waals surface area contributed by atoms with Crippen molar-refractivity contribution in [2.75, 3.05) is 13.2 Å². The molecular weight excluding hydrogens is 911 g/mol. The second kappa shape index (κ2) is 52.5. The van der Waals surface area contributed by atoms with Gasteiger partial charge in [0.2, 0.25) is 5.91 Å². The van der Waals surface area contributed by atoms with Gasteiger partial charge in [0.25, 0.3) is 0 Å². The Morgan fingerprint density at radius 1 is 0.479 bits per heavy atom. The molecule has 0 aromatic rings. The molecule has 420 valence electrons. The molecule has 0 spiro atoms. The van der Waals surface area contributed by atoms with Crippen LogP contribution < -0.4 is 5.32 Å². The highest BCUT2D eigenvalue weighted by Crippen LogP contribution is 2.23. The zero-order valence-corrected chi connectivity index (χ0v) is 46.6. The first-order valence-electron chi connectivity index (χ1n) is 30.0. The number of aliphatic hydroxyl groups excluding tert-OH is 5. The number of hydrogen-bond donors (Lipinski definition) is 6. The van der Waals surface area contributed by atoms with Gasteiger partial charge >= 0.3 is 0 Å². The van der Waals surface area contributed by atoms with Crippen LogP contribution in [0.4, 0.5) is 0 Å². The van der Waals surface area contributed by atoms with Crippen molar-refractivity contribution < 1.29 is 39.8 Å². The lowest BCUT2D eigenvalue weighted by Crippen LogP contribution is -2.60. The Balaban J connectivity index is 2.21. The van der Waals surface area contributed by atoms with Gasteiger partial charge < -0.3 is 40.3 Å². The predicted molar refractivity (Wildman–Crippen MR) is 308 cm³/mol. The van der Waals surface area contributed by atoms with Crippen molar-refractivity contribution in [2.45, 2.75) is 288 Å². The topological polar surface area (TPSA) is 149 Å². The highest BCUT2D eigenvalue weighted by atomic mass is 16.7. The van der Waals surface area contributed by atoms with Crippen LogP contribution in [-0.4, -0.2) is 87.5 Å². The highest BCUT2D eigenvalue weighted by molar-refractivity contribution is 5.76. The molecule has 7 atom stereocenters. The molecule has 1 saturated heterocycles. The summed E-state index contributed by atoms with van der Waals surface area (Å²) in [6.45, 7) is 3.66. The fourth-order valence-electron chi connectivity index (χ4n) is 8.94. The number of allylic oxidation sites excluding steroid dienone is 15. The lowest BCUT2D eigenvalue weighted by atomic mass is 9.99. The number of aliphatic hydroxyl groups is 5. The number of rotatable bonds is 50. The molecule has 1 aliphatic heterocycles. The molecule has 1 amide bonds. The van der Waals surface area contributed by atoms with E-state index in [1.807, 2.05) is 6.08 Å². The molecule has 6 N–H and O–H groups in total. The van der Waals surface area contributed by atoms with Gasteiger partial charge in [-0.2, -0.15) is 0 Å². The van der Waals surface area contributed by atoms with Crippen molar-refractivity contribution >= 4 is 5.91 Å². The van der Waals surface area contributed by atoms with E-state index in [1.54, 1.807) is 6.08 Å². The summed E-state index contributed by atoms with van der Waals surface area (Å²) in [4.78, 5) is 13.1. The first-order chi connectivity index (χ1) is 35.8. The highest BCUT2D eigenvalue weighted by Gasteiger charge is 2.44. The van der Waals surface area contributed by atoms with Gasteiger partial charge in [-0.3, -0.25) is 4.79 Å². The largest absolute Gasteiger partial charge is 0.394 e. The fourth-order valence-corrected chi connectivity index (χ4v) is 8.94. The molecule has 7 unspecified atom stereocenters. The van der Waals surface area contributed by atoms with Crippen LogP contribution in [0.2, 0.25) is 0 Å².